The van der Waals surface area contributed by atoms with Crippen LogP contribution in [0.1, 0.15) is 12.1 Å². The highest BCUT2D eigenvalue weighted by atomic mass is 32.1. The van der Waals surface area contributed by atoms with Gasteiger partial charge in [-0.1, -0.05) is 18.2 Å². The van der Waals surface area contributed by atoms with Gasteiger partial charge in [-0.05, 0) is 32.5 Å². The molecular formula is C17H20N4O2S. The molecule has 0 bridgehead atoms. The van der Waals surface area contributed by atoms with E-state index in [0.717, 1.165) is 11.4 Å². The number of hydrogen-bond acceptors (Lipinski definition) is 5. The number of aryl methyl sites for hydroxylation is 1. The molecule has 7 heteroatoms. The van der Waals surface area contributed by atoms with E-state index in [1.165, 1.54) is 11.3 Å². The number of hydrogen-bond donors (Lipinski definition) is 1. The van der Waals surface area contributed by atoms with Crippen molar-refractivity contribution in [3.8, 4) is 0 Å². The van der Waals surface area contributed by atoms with E-state index in [4.69, 9.17) is 0 Å². The van der Waals surface area contributed by atoms with E-state index >= 15 is 0 Å². The Morgan fingerprint density at radius 3 is 2.83 bits per heavy atom. The van der Waals surface area contributed by atoms with Crippen LogP contribution in [0, 0.1) is 6.92 Å². The van der Waals surface area contributed by atoms with Crippen molar-refractivity contribution in [3.63, 3.8) is 0 Å². The second kappa shape index (κ2) is 7.11. The van der Waals surface area contributed by atoms with Crippen LogP contribution >= 0.6 is 11.3 Å². The third kappa shape index (κ3) is 3.63. The minimum atomic E-state index is -0.269. The van der Waals surface area contributed by atoms with Gasteiger partial charge in [0, 0.05) is 17.6 Å². The highest BCUT2D eigenvalue weighted by Gasteiger charge is 2.35. The quantitative estimate of drug-likeness (QED) is 0.902. The van der Waals surface area contributed by atoms with Crippen LogP contribution in [-0.4, -0.2) is 47.9 Å². The zero-order valence-electron chi connectivity index (χ0n) is 13.7. The summed E-state index contributed by atoms with van der Waals surface area (Å²) in [6, 6.07) is 9.36. The maximum atomic E-state index is 12.6. The van der Waals surface area contributed by atoms with Gasteiger partial charge in [0.25, 0.3) is 0 Å². The van der Waals surface area contributed by atoms with Crippen LogP contribution in [0.15, 0.2) is 35.7 Å². The predicted molar refractivity (Wildman–Crippen MR) is 95.3 cm³/mol. The molecule has 6 nitrogen and oxygen atoms in total. The third-order valence-electron chi connectivity index (χ3n) is 4.04. The molecule has 1 saturated heterocycles. The summed E-state index contributed by atoms with van der Waals surface area (Å²) in [6.07, 6.45) is 0.716. The summed E-state index contributed by atoms with van der Waals surface area (Å²) < 4.78 is 0. The van der Waals surface area contributed by atoms with E-state index in [9.17, 15) is 9.59 Å². The molecule has 0 saturated carbocycles. The molecule has 0 radical (unpaired) electrons. The Morgan fingerprint density at radius 1 is 1.42 bits per heavy atom. The van der Waals surface area contributed by atoms with Crippen molar-refractivity contribution in [2.24, 2.45) is 0 Å². The van der Waals surface area contributed by atoms with Crippen molar-refractivity contribution in [2.75, 3.05) is 30.4 Å². The first-order valence-electron chi connectivity index (χ1n) is 7.83. The number of aromatic nitrogens is 1. The largest absolute Gasteiger partial charge is 0.311 e. The molecule has 126 valence electrons. The molecule has 1 aliphatic heterocycles. The van der Waals surface area contributed by atoms with Gasteiger partial charge in [0.15, 0.2) is 5.13 Å². The highest BCUT2D eigenvalue weighted by Crippen LogP contribution is 2.23. The maximum absolute atomic E-state index is 12.6. The molecule has 1 aromatic carbocycles. The molecule has 1 aromatic heterocycles. The van der Waals surface area contributed by atoms with E-state index in [1.807, 2.05) is 49.7 Å². The number of para-hydroxylation sites is 1. The molecule has 0 spiro atoms. The monoisotopic (exact) mass is 344 g/mol. The summed E-state index contributed by atoms with van der Waals surface area (Å²) in [4.78, 5) is 32.6. The van der Waals surface area contributed by atoms with E-state index in [2.05, 4.69) is 10.3 Å². The van der Waals surface area contributed by atoms with E-state index < -0.39 is 0 Å². The lowest BCUT2D eigenvalue weighted by Crippen LogP contribution is -2.43. The van der Waals surface area contributed by atoms with Crippen molar-refractivity contribution in [1.29, 1.82) is 0 Å². The number of benzene rings is 1. The van der Waals surface area contributed by atoms with Crippen molar-refractivity contribution in [2.45, 2.75) is 19.4 Å². The topological polar surface area (TPSA) is 65.5 Å². The van der Waals surface area contributed by atoms with Gasteiger partial charge in [-0.25, -0.2) is 4.98 Å². The van der Waals surface area contributed by atoms with Gasteiger partial charge in [0.05, 0.1) is 18.3 Å². The molecule has 0 aliphatic carbocycles. The Labute approximate surface area is 145 Å². The number of carbonyl (C=O) groups is 2. The zero-order valence-corrected chi connectivity index (χ0v) is 14.5. The fourth-order valence-electron chi connectivity index (χ4n) is 2.85. The smallest absolute Gasteiger partial charge is 0.244 e. The first-order valence-corrected chi connectivity index (χ1v) is 8.71. The average Bonchev–Trinajstić information content (AvgIpc) is 3.13. The Bertz CT molecular complexity index is 731. The standard InChI is InChI=1S/C17H20N4O2S/c1-12-11-24-17(18-12)19-15(22)10-20(2)14-8-9-21(16(14)23)13-6-4-3-5-7-13/h3-7,11,14H,8-10H2,1-2H3,(H,18,19,22)/t14-/m0/s1. The van der Waals surface area contributed by atoms with Crippen molar-refractivity contribution in [3.05, 3.63) is 41.4 Å². The van der Waals surface area contributed by atoms with Crippen LogP contribution in [0.25, 0.3) is 0 Å². The van der Waals surface area contributed by atoms with Crippen molar-refractivity contribution < 1.29 is 9.59 Å². The number of amides is 2. The second-order valence-electron chi connectivity index (χ2n) is 5.89. The number of likely N-dealkylation sites (N-methyl/N-ethyl adjacent to an activating group) is 1. The number of nitrogens with zero attached hydrogens (tertiary/aromatic N) is 3. The Hall–Kier alpha value is -2.25. The summed E-state index contributed by atoms with van der Waals surface area (Å²) >= 11 is 1.40. The minimum absolute atomic E-state index is 0.0431. The van der Waals surface area contributed by atoms with Gasteiger partial charge in [-0.3, -0.25) is 14.5 Å². The average molecular weight is 344 g/mol. The molecule has 24 heavy (non-hydrogen) atoms. The third-order valence-corrected chi connectivity index (χ3v) is 4.91. The van der Waals surface area contributed by atoms with Gasteiger partial charge in [0.1, 0.15) is 0 Å². The summed E-state index contributed by atoms with van der Waals surface area (Å²) in [6.45, 7) is 2.72. The van der Waals surface area contributed by atoms with Crippen LogP contribution in [-0.2, 0) is 9.59 Å². The lowest BCUT2D eigenvalue weighted by atomic mass is 10.2. The van der Waals surface area contributed by atoms with Crippen LogP contribution in [0.3, 0.4) is 0 Å². The van der Waals surface area contributed by atoms with Crippen molar-refractivity contribution in [1.82, 2.24) is 9.88 Å². The van der Waals surface area contributed by atoms with Crippen LogP contribution in [0.5, 0.6) is 0 Å². The number of thiazole rings is 1. The lowest BCUT2D eigenvalue weighted by molar-refractivity contribution is -0.123. The maximum Gasteiger partial charge on any atom is 0.244 e. The number of rotatable bonds is 5. The molecule has 0 unspecified atom stereocenters. The van der Waals surface area contributed by atoms with Crippen LogP contribution in [0.4, 0.5) is 10.8 Å². The highest BCUT2D eigenvalue weighted by molar-refractivity contribution is 7.13. The van der Waals surface area contributed by atoms with E-state index in [1.54, 1.807) is 9.80 Å². The van der Waals surface area contributed by atoms with Gasteiger partial charge < -0.3 is 10.2 Å². The van der Waals surface area contributed by atoms with Gasteiger partial charge in [-0.2, -0.15) is 0 Å². The summed E-state index contributed by atoms with van der Waals surface area (Å²) in [5.74, 6) is -0.112. The molecule has 1 aliphatic rings. The van der Waals surface area contributed by atoms with Gasteiger partial charge >= 0.3 is 0 Å². The van der Waals surface area contributed by atoms with Gasteiger partial charge in [0.2, 0.25) is 11.8 Å². The molecule has 1 N–H and O–H groups in total. The summed E-state index contributed by atoms with van der Waals surface area (Å²) in [5, 5.41) is 5.26. The fourth-order valence-corrected chi connectivity index (χ4v) is 3.55. The molecule has 2 aromatic rings. The van der Waals surface area contributed by atoms with Crippen LogP contribution < -0.4 is 10.2 Å². The number of nitrogens with one attached hydrogen (secondary N) is 1. The Balaban J connectivity index is 1.58. The van der Waals surface area contributed by atoms with Crippen molar-refractivity contribution >= 4 is 34.0 Å². The van der Waals surface area contributed by atoms with Gasteiger partial charge in [-0.15, -0.1) is 11.3 Å². The Morgan fingerprint density at radius 2 is 2.17 bits per heavy atom. The second-order valence-corrected chi connectivity index (χ2v) is 6.75. The number of carbonyl (C=O) groups excluding carboxylic acids is 2. The molecule has 3 rings (SSSR count). The Kier molecular flexibility index (Phi) is 4.92. The number of anilines is 2. The molecule has 2 amide bonds. The fraction of sp³-hybridized carbons (Fsp3) is 0.353. The summed E-state index contributed by atoms with van der Waals surface area (Å²) in [5.41, 5.74) is 1.79. The predicted octanol–water partition coefficient (Wildman–Crippen LogP) is 2.13. The van der Waals surface area contributed by atoms with E-state index in [-0.39, 0.29) is 24.4 Å². The molecular weight excluding hydrogens is 324 g/mol. The normalized spacial score (nSPS) is 17.5. The first-order chi connectivity index (χ1) is 11.5. The molecule has 1 fully saturated rings. The zero-order chi connectivity index (χ0) is 17.1. The first kappa shape index (κ1) is 16.6. The molecule has 1 atom stereocenters. The lowest BCUT2D eigenvalue weighted by Gasteiger charge is -2.23. The minimum Gasteiger partial charge on any atom is -0.311 e. The summed E-state index contributed by atoms with van der Waals surface area (Å²) in [7, 11) is 1.81. The van der Waals surface area contributed by atoms with Crippen LogP contribution in [0.2, 0.25) is 0 Å². The molecule has 2 heterocycles. The van der Waals surface area contributed by atoms with E-state index in [0.29, 0.717) is 18.1 Å². The SMILES string of the molecule is Cc1csc(NC(=O)CN(C)[C@H]2CCN(c3ccccc3)C2=O)n1.